The van der Waals surface area contributed by atoms with Crippen LogP contribution in [0.1, 0.15) is 12.5 Å². The van der Waals surface area contributed by atoms with Crippen molar-refractivity contribution < 1.29 is 19.0 Å². The van der Waals surface area contributed by atoms with Gasteiger partial charge in [-0.15, -0.1) is 0 Å². The van der Waals surface area contributed by atoms with Crippen molar-refractivity contribution in [3.63, 3.8) is 0 Å². The molecule has 0 atom stereocenters. The van der Waals surface area contributed by atoms with Crippen LogP contribution in [-0.4, -0.2) is 32.4 Å². The molecular formula is C22H22N2O4. The molecule has 0 spiro atoms. The molecule has 3 aromatic carbocycles. The monoisotopic (exact) mass is 378 g/mol. The van der Waals surface area contributed by atoms with Gasteiger partial charge in [0.15, 0.2) is 18.1 Å². The van der Waals surface area contributed by atoms with Gasteiger partial charge in [0.05, 0.1) is 19.9 Å². The molecule has 6 heteroatoms. The lowest BCUT2D eigenvalue weighted by molar-refractivity contribution is -0.123. The standard InChI is InChI=1S/C22H22N2O4/c1-3-27-20-10-6-7-11-21(20)28-15-22(25)24-23-14-18-17-9-5-4-8-16(17)12-13-19(18)26-2/h4-14H,3,15H2,1-2H3,(H,24,25)/b23-14-. The molecule has 0 heterocycles. The number of amides is 1. The predicted octanol–water partition coefficient (Wildman–Crippen LogP) is 3.78. The van der Waals surface area contributed by atoms with Crippen LogP contribution in [-0.2, 0) is 4.79 Å². The first-order chi connectivity index (χ1) is 13.7. The lowest BCUT2D eigenvalue weighted by atomic mass is 10.0. The fourth-order valence-electron chi connectivity index (χ4n) is 2.78. The van der Waals surface area contributed by atoms with Gasteiger partial charge < -0.3 is 14.2 Å². The van der Waals surface area contributed by atoms with Gasteiger partial charge in [-0.05, 0) is 35.9 Å². The maximum atomic E-state index is 12.1. The quantitative estimate of drug-likeness (QED) is 0.478. The predicted molar refractivity (Wildman–Crippen MR) is 109 cm³/mol. The Bertz CT molecular complexity index is 985. The Kier molecular flexibility index (Phi) is 6.46. The normalized spacial score (nSPS) is 10.8. The highest BCUT2D eigenvalue weighted by Crippen LogP contribution is 2.27. The second-order valence-corrected chi connectivity index (χ2v) is 5.86. The first kappa shape index (κ1) is 19.2. The number of para-hydroxylation sites is 2. The molecule has 0 aliphatic heterocycles. The molecule has 0 radical (unpaired) electrons. The van der Waals surface area contributed by atoms with E-state index in [1.807, 2.05) is 55.5 Å². The summed E-state index contributed by atoms with van der Waals surface area (Å²) in [5.41, 5.74) is 3.27. The van der Waals surface area contributed by atoms with E-state index in [4.69, 9.17) is 14.2 Å². The minimum Gasteiger partial charge on any atom is -0.496 e. The molecule has 0 saturated heterocycles. The Morgan fingerprint density at radius 3 is 2.43 bits per heavy atom. The molecule has 0 bridgehead atoms. The third-order valence-corrected chi connectivity index (χ3v) is 4.04. The number of hydrazone groups is 1. The average Bonchev–Trinajstić information content (AvgIpc) is 2.73. The highest BCUT2D eigenvalue weighted by Gasteiger charge is 2.08. The molecule has 0 aliphatic carbocycles. The van der Waals surface area contributed by atoms with Gasteiger partial charge in [0.2, 0.25) is 0 Å². The fraction of sp³-hybridized carbons (Fsp3) is 0.182. The van der Waals surface area contributed by atoms with Crippen LogP contribution in [0.3, 0.4) is 0 Å². The number of carbonyl (C=O) groups excluding carboxylic acids is 1. The molecule has 28 heavy (non-hydrogen) atoms. The lowest BCUT2D eigenvalue weighted by Crippen LogP contribution is -2.24. The Morgan fingerprint density at radius 1 is 0.964 bits per heavy atom. The van der Waals surface area contributed by atoms with E-state index in [0.29, 0.717) is 23.9 Å². The van der Waals surface area contributed by atoms with Gasteiger partial charge in [-0.3, -0.25) is 4.79 Å². The summed E-state index contributed by atoms with van der Waals surface area (Å²) in [5, 5.41) is 6.11. The van der Waals surface area contributed by atoms with Crippen LogP contribution in [0.25, 0.3) is 10.8 Å². The topological polar surface area (TPSA) is 69.2 Å². The van der Waals surface area contributed by atoms with E-state index in [9.17, 15) is 4.79 Å². The van der Waals surface area contributed by atoms with Gasteiger partial charge in [0.25, 0.3) is 5.91 Å². The van der Waals surface area contributed by atoms with E-state index in [0.717, 1.165) is 16.3 Å². The Hall–Kier alpha value is -3.54. The van der Waals surface area contributed by atoms with Crippen LogP contribution >= 0.6 is 0 Å². The van der Waals surface area contributed by atoms with Crippen LogP contribution in [0.5, 0.6) is 17.2 Å². The summed E-state index contributed by atoms with van der Waals surface area (Å²) < 4.78 is 16.4. The molecule has 0 fully saturated rings. The maximum Gasteiger partial charge on any atom is 0.277 e. The number of hydrogen-bond donors (Lipinski definition) is 1. The minimum atomic E-state index is -0.373. The third-order valence-electron chi connectivity index (χ3n) is 4.04. The Labute approximate surface area is 163 Å². The zero-order valence-corrected chi connectivity index (χ0v) is 15.8. The Morgan fingerprint density at radius 2 is 1.68 bits per heavy atom. The molecule has 1 N–H and O–H groups in total. The number of hydrogen-bond acceptors (Lipinski definition) is 5. The average molecular weight is 378 g/mol. The highest BCUT2D eigenvalue weighted by atomic mass is 16.5. The summed E-state index contributed by atoms with van der Waals surface area (Å²) >= 11 is 0. The molecule has 0 saturated carbocycles. The third kappa shape index (κ3) is 4.59. The molecule has 0 unspecified atom stereocenters. The first-order valence-electron chi connectivity index (χ1n) is 8.95. The number of nitrogens with zero attached hydrogens (tertiary/aromatic N) is 1. The summed E-state index contributed by atoms with van der Waals surface area (Å²) in [4.78, 5) is 12.1. The number of carbonyl (C=O) groups is 1. The molecule has 0 aromatic heterocycles. The summed E-state index contributed by atoms with van der Waals surface area (Å²) in [5.74, 6) is 1.42. The molecule has 0 aliphatic rings. The van der Waals surface area contributed by atoms with Crippen molar-refractivity contribution in [2.45, 2.75) is 6.92 Å². The molecule has 144 valence electrons. The molecule has 3 aromatic rings. The largest absolute Gasteiger partial charge is 0.496 e. The van der Waals surface area contributed by atoms with Crippen molar-refractivity contribution >= 4 is 22.9 Å². The minimum absolute atomic E-state index is 0.173. The molecular weight excluding hydrogens is 356 g/mol. The van der Waals surface area contributed by atoms with Crippen LogP contribution in [0, 0.1) is 0 Å². The summed E-state index contributed by atoms with van der Waals surface area (Å²) in [6.07, 6.45) is 1.58. The maximum absolute atomic E-state index is 12.1. The van der Waals surface area contributed by atoms with E-state index in [1.165, 1.54) is 0 Å². The second-order valence-electron chi connectivity index (χ2n) is 5.86. The Balaban J connectivity index is 1.65. The molecule has 6 nitrogen and oxygen atoms in total. The number of benzene rings is 3. The van der Waals surface area contributed by atoms with Crippen molar-refractivity contribution in [3.8, 4) is 17.2 Å². The number of rotatable bonds is 8. The number of ether oxygens (including phenoxy) is 3. The summed E-state index contributed by atoms with van der Waals surface area (Å²) in [6, 6.07) is 19.0. The number of nitrogens with one attached hydrogen (secondary N) is 1. The van der Waals surface area contributed by atoms with E-state index in [1.54, 1.807) is 25.5 Å². The van der Waals surface area contributed by atoms with Crippen LogP contribution in [0.4, 0.5) is 0 Å². The first-order valence-corrected chi connectivity index (χ1v) is 8.95. The van der Waals surface area contributed by atoms with Gasteiger partial charge in [0.1, 0.15) is 5.75 Å². The van der Waals surface area contributed by atoms with Gasteiger partial charge >= 0.3 is 0 Å². The molecule has 3 rings (SSSR count). The summed E-state index contributed by atoms with van der Waals surface area (Å²) in [6.45, 7) is 2.23. The zero-order valence-electron chi connectivity index (χ0n) is 15.8. The van der Waals surface area contributed by atoms with Crippen LogP contribution < -0.4 is 19.6 Å². The zero-order chi connectivity index (χ0) is 19.8. The van der Waals surface area contributed by atoms with Gasteiger partial charge in [-0.2, -0.15) is 5.10 Å². The van der Waals surface area contributed by atoms with Gasteiger partial charge in [0, 0.05) is 5.56 Å². The van der Waals surface area contributed by atoms with Crippen molar-refractivity contribution in [2.24, 2.45) is 5.10 Å². The van der Waals surface area contributed by atoms with E-state index in [-0.39, 0.29) is 12.5 Å². The lowest BCUT2D eigenvalue weighted by Gasteiger charge is -2.11. The van der Waals surface area contributed by atoms with Gasteiger partial charge in [-0.25, -0.2) is 5.43 Å². The van der Waals surface area contributed by atoms with E-state index in [2.05, 4.69) is 10.5 Å². The van der Waals surface area contributed by atoms with E-state index >= 15 is 0 Å². The van der Waals surface area contributed by atoms with Crippen molar-refractivity contribution in [3.05, 3.63) is 66.2 Å². The van der Waals surface area contributed by atoms with Crippen molar-refractivity contribution in [1.29, 1.82) is 0 Å². The van der Waals surface area contributed by atoms with Crippen molar-refractivity contribution in [1.82, 2.24) is 5.43 Å². The van der Waals surface area contributed by atoms with Crippen molar-refractivity contribution in [2.75, 3.05) is 20.3 Å². The smallest absolute Gasteiger partial charge is 0.277 e. The van der Waals surface area contributed by atoms with Gasteiger partial charge in [-0.1, -0.05) is 42.5 Å². The molecule has 1 amide bonds. The van der Waals surface area contributed by atoms with Crippen LogP contribution in [0.2, 0.25) is 0 Å². The number of fused-ring (bicyclic) bond motifs is 1. The summed E-state index contributed by atoms with van der Waals surface area (Å²) in [7, 11) is 1.60. The van der Waals surface area contributed by atoms with Crippen LogP contribution in [0.15, 0.2) is 65.8 Å². The fourth-order valence-corrected chi connectivity index (χ4v) is 2.78. The SMILES string of the molecule is CCOc1ccccc1OCC(=O)N/N=C\c1c(OC)ccc2ccccc12. The van der Waals surface area contributed by atoms with E-state index < -0.39 is 0 Å². The highest BCUT2D eigenvalue weighted by molar-refractivity contribution is 6.02. The second kappa shape index (κ2) is 9.41. The number of methoxy groups -OCH3 is 1.